The summed E-state index contributed by atoms with van der Waals surface area (Å²) in [7, 11) is 0. The van der Waals surface area contributed by atoms with Crippen LogP contribution in [-0.2, 0) is 0 Å². The van der Waals surface area contributed by atoms with Crippen molar-refractivity contribution in [1.82, 2.24) is 0 Å². The van der Waals surface area contributed by atoms with Crippen LogP contribution in [0.5, 0.6) is 5.75 Å². The maximum Gasteiger partial charge on any atom is 0.119 e. The molecule has 108 valence electrons. The summed E-state index contributed by atoms with van der Waals surface area (Å²) in [5, 5.41) is 0. The summed E-state index contributed by atoms with van der Waals surface area (Å²) in [6, 6.07) is 6.30. The van der Waals surface area contributed by atoms with E-state index < -0.39 is 0 Å². The summed E-state index contributed by atoms with van der Waals surface area (Å²) in [6.07, 6.45) is 0. The zero-order chi connectivity index (χ0) is 14.4. The summed E-state index contributed by atoms with van der Waals surface area (Å²) in [5.41, 5.74) is 14.1. The van der Waals surface area contributed by atoms with E-state index >= 15 is 0 Å². The molecule has 0 heterocycles. The Labute approximate surface area is 117 Å². The van der Waals surface area contributed by atoms with Crippen molar-refractivity contribution in [3.05, 3.63) is 29.3 Å². The second-order valence-electron chi connectivity index (χ2n) is 5.74. The van der Waals surface area contributed by atoms with E-state index in [-0.39, 0.29) is 0 Å². The predicted molar refractivity (Wildman–Crippen MR) is 81.5 cm³/mol. The van der Waals surface area contributed by atoms with Gasteiger partial charge in [0, 0.05) is 0 Å². The molecule has 0 saturated heterocycles. The van der Waals surface area contributed by atoms with E-state index in [0.29, 0.717) is 30.8 Å². The average Bonchev–Trinajstić information content (AvgIpc) is 2.37. The van der Waals surface area contributed by atoms with Gasteiger partial charge >= 0.3 is 0 Å². The fourth-order valence-electron chi connectivity index (χ4n) is 2.27. The van der Waals surface area contributed by atoms with Crippen LogP contribution in [-0.4, -0.2) is 19.7 Å². The van der Waals surface area contributed by atoms with Crippen LogP contribution in [0.1, 0.15) is 37.8 Å². The molecule has 0 spiro atoms. The van der Waals surface area contributed by atoms with E-state index in [1.165, 1.54) is 11.1 Å². The quantitative estimate of drug-likeness (QED) is 0.796. The van der Waals surface area contributed by atoms with Gasteiger partial charge in [-0.1, -0.05) is 26.8 Å². The van der Waals surface area contributed by atoms with E-state index in [4.69, 9.17) is 16.2 Å². The summed E-state index contributed by atoms with van der Waals surface area (Å²) in [5.74, 6) is 2.20. The monoisotopic (exact) mass is 264 g/mol. The lowest BCUT2D eigenvalue weighted by atomic mass is 9.85. The van der Waals surface area contributed by atoms with Gasteiger partial charge in [0.1, 0.15) is 5.75 Å². The summed E-state index contributed by atoms with van der Waals surface area (Å²) >= 11 is 0. The number of nitrogens with two attached hydrogens (primary N) is 2. The van der Waals surface area contributed by atoms with Gasteiger partial charge in [0.15, 0.2) is 0 Å². The molecule has 0 saturated carbocycles. The molecular weight excluding hydrogens is 236 g/mol. The molecule has 0 bridgehead atoms. The van der Waals surface area contributed by atoms with Gasteiger partial charge in [0.25, 0.3) is 0 Å². The average molecular weight is 264 g/mol. The zero-order valence-corrected chi connectivity index (χ0v) is 12.6. The van der Waals surface area contributed by atoms with Gasteiger partial charge in [-0.25, -0.2) is 0 Å². The minimum atomic E-state index is 0.334. The first-order valence-corrected chi connectivity index (χ1v) is 7.13. The van der Waals surface area contributed by atoms with Crippen LogP contribution in [0.3, 0.4) is 0 Å². The van der Waals surface area contributed by atoms with Gasteiger partial charge in [-0.15, -0.1) is 0 Å². The third-order valence-electron chi connectivity index (χ3n) is 3.63. The maximum atomic E-state index is 5.78. The first-order valence-electron chi connectivity index (χ1n) is 7.13. The molecule has 1 atom stereocenters. The van der Waals surface area contributed by atoms with Gasteiger partial charge < -0.3 is 16.2 Å². The van der Waals surface area contributed by atoms with Crippen molar-refractivity contribution in [3.8, 4) is 5.75 Å². The van der Waals surface area contributed by atoms with Crippen molar-refractivity contribution >= 4 is 0 Å². The highest BCUT2D eigenvalue weighted by atomic mass is 16.5. The fourth-order valence-corrected chi connectivity index (χ4v) is 2.27. The topological polar surface area (TPSA) is 61.3 Å². The van der Waals surface area contributed by atoms with Gasteiger partial charge in [-0.3, -0.25) is 0 Å². The maximum absolute atomic E-state index is 5.78. The van der Waals surface area contributed by atoms with Crippen LogP contribution in [0.15, 0.2) is 18.2 Å². The molecule has 3 heteroatoms. The molecule has 3 nitrogen and oxygen atoms in total. The Morgan fingerprint density at radius 1 is 1.11 bits per heavy atom. The Hall–Kier alpha value is -1.06. The third kappa shape index (κ3) is 4.51. The lowest BCUT2D eigenvalue weighted by Crippen LogP contribution is -2.28. The molecule has 1 aromatic rings. The van der Waals surface area contributed by atoms with Crippen LogP contribution >= 0.6 is 0 Å². The van der Waals surface area contributed by atoms with E-state index in [2.05, 4.69) is 39.8 Å². The number of hydrogen-bond donors (Lipinski definition) is 2. The van der Waals surface area contributed by atoms with E-state index in [9.17, 15) is 0 Å². The van der Waals surface area contributed by atoms with E-state index in [0.717, 1.165) is 12.4 Å². The number of rotatable bonds is 7. The van der Waals surface area contributed by atoms with Gasteiger partial charge in [-0.2, -0.15) is 0 Å². The molecule has 19 heavy (non-hydrogen) atoms. The minimum Gasteiger partial charge on any atom is -0.493 e. The lowest BCUT2D eigenvalue weighted by molar-refractivity contribution is 0.270. The van der Waals surface area contributed by atoms with Crippen molar-refractivity contribution in [2.24, 2.45) is 23.3 Å². The third-order valence-corrected chi connectivity index (χ3v) is 3.63. The number of hydrogen-bond acceptors (Lipinski definition) is 3. The summed E-state index contributed by atoms with van der Waals surface area (Å²) in [6.45, 7) is 10.6. The van der Waals surface area contributed by atoms with Crippen molar-refractivity contribution < 1.29 is 4.74 Å². The lowest BCUT2D eigenvalue weighted by Gasteiger charge is -2.23. The molecule has 0 aliphatic rings. The highest BCUT2D eigenvalue weighted by Gasteiger charge is 2.18. The molecule has 0 fully saturated rings. The molecule has 1 unspecified atom stereocenters. The van der Waals surface area contributed by atoms with Gasteiger partial charge in [0.2, 0.25) is 0 Å². The second kappa shape index (κ2) is 7.51. The van der Waals surface area contributed by atoms with Crippen LogP contribution in [0.4, 0.5) is 0 Å². The Morgan fingerprint density at radius 2 is 1.74 bits per heavy atom. The number of benzene rings is 1. The van der Waals surface area contributed by atoms with Crippen molar-refractivity contribution in [2.75, 3.05) is 19.7 Å². The molecule has 1 rings (SSSR count). The van der Waals surface area contributed by atoms with Gasteiger partial charge in [0.05, 0.1) is 6.61 Å². The minimum absolute atomic E-state index is 0.334. The first kappa shape index (κ1) is 16.0. The summed E-state index contributed by atoms with van der Waals surface area (Å²) < 4.78 is 5.75. The molecule has 0 amide bonds. The number of aryl methyl sites for hydroxylation is 1. The molecule has 4 N–H and O–H groups in total. The Balaban J connectivity index is 2.81. The Kier molecular flexibility index (Phi) is 6.32. The number of ether oxygens (including phenoxy) is 1. The highest BCUT2D eigenvalue weighted by molar-refractivity contribution is 5.37. The fraction of sp³-hybridized carbons (Fsp3) is 0.625. The highest BCUT2D eigenvalue weighted by Crippen LogP contribution is 2.28. The van der Waals surface area contributed by atoms with Crippen molar-refractivity contribution in [2.45, 2.75) is 33.6 Å². The van der Waals surface area contributed by atoms with Crippen LogP contribution < -0.4 is 16.2 Å². The smallest absolute Gasteiger partial charge is 0.119 e. The molecule has 0 aliphatic heterocycles. The molecule has 0 aromatic heterocycles. The van der Waals surface area contributed by atoms with Crippen LogP contribution in [0.2, 0.25) is 0 Å². The first-order chi connectivity index (χ1) is 8.99. The SMILES string of the molecule is Cc1cc(OCC(C)C)ccc1C(C)C(CN)CN. The molecule has 1 aromatic carbocycles. The Morgan fingerprint density at radius 3 is 2.21 bits per heavy atom. The zero-order valence-electron chi connectivity index (χ0n) is 12.6. The summed E-state index contributed by atoms with van der Waals surface area (Å²) in [4.78, 5) is 0. The van der Waals surface area contributed by atoms with Crippen LogP contribution in [0, 0.1) is 18.8 Å². The van der Waals surface area contributed by atoms with E-state index in [1.54, 1.807) is 0 Å². The Bertz CT molecular complexity index is 386. The van der Waals surface area contributed by atoms with E-state index in [1.807, 2.05) is 6.07 Å². The second-order valence-corrected chi connectivity index (χ2v) is 5.74. The van der Waals surface area contributed by atoms with Crippen LogP contribution in [0.25, 0.3) is 0 Å². The normalized spacial score (nSPS) is 13.1. The van der Waals surface area contributed by atoms with Gasteiger partial charge in [-0.05, 0) is 61.0 Å². The standard InChI is InChI=1S/C16H28N2O/c1-11(2)10-19-15-5-6-16(12(3)7-15)13(4)14(8-17)9-18/h5-7,11,13-14H,8-10,17-18H2,1-4H3. The molecule has 0 radical (unpaired) electrons. The molecular formula is C16H28N2O. The largest absolute Gasteiger partial charge is 0.493 e. The van der Waals surface area contributed by atoms with Crippen molar-refractivity contribution in [1.29, 1.82) is 0 Å². The van der Waals surface area contributed by atoms with Crippen molar-refractivity contribution in [3.63, 3.8) is 0 Å². The predicted octanol–water partition coefficient (Wildman–Crippen LogP) is 2.67. The molecule has 0 aliphatic carbocycles.